The molecule has 1 aliphatic rings. The summed E-state index contributed by atoms with van der Waals surface area (Å²) in [5.74, 6) is -3.39. The van der Waals surface area contributed by atoms with Gasteiger partial charge in [0.25, 0.3) is 0 Å². The first-order valence-corrected chi connectivity index (χ1v) is 12.9. The van der Waals surface area contributed by atoms with Crippen LogP contribution in [0, 0.1) is 0 Å². The van der Waals surface area contributed by atoms with Gasteiger partial charge in [-0.2, -0.15) is 0 Å². The van der Waals surface area contributed by atoms with Crippen LogP contribution in [0.2, 0.25) is 0 Å². The number of aromatic nitrogens is 1. The minimum atomic E-state index is -1.15. The molecule has 13 nitrogen and oxygen atoms in total. The third-order valence-electron chi connectivity index (χ3n) is 6.79. The van der Waals surface area contributed by atoms with Gasteiger partial charge in [0.2, 0.25) is 0 Å². The Morgan fingerprint density at radius 1 is 0.667 bits per heavy atom. The van der Waals surface area contributed by atoms with Crippen molar-refractivity contribution >= 4 is 36.8 Å². The van der Waals surface area contributed by atoms with Crippen LogP contribution in [0.3, 0.4) is 0 Å². The molecule has 3 N–H and O–H groups in total. The zero-order chi connectivity index (χ0) is 28.8. The molecular weight excluding hydrogens is 512 g/mol. The number of pyridine rings is 1. The number of aldehydes is 3. The van der Waals surface area contributed by atoms with Gasteiger partial charge in [-0.15, -0.1) is 0 Å². The van der Waals surface area contributed by atoms with E-state index >= 15 is 0 Å². The predicted octanol–water partition coefficient (Wildman–Crippen LogP) is 0.298. The van der Waals surface area contributed by atoms with Gasteiger partial charge in [0.05, 0.1) is 11.4 Å². The maximum atomic E-state index is 12.2. The largest absolute Gasteiger partial charge is 0.480 e. The van der Waals surface area contributed by atoms with Gasteiger partial charge in [0, 0.05) is 58.5 Å². The van der Waals surface area contributed by atoms with Crippen LogP contribution in [0.5, 0.6) is 0 Å². The van der Waals surface area contributed by atoms with Crippen molar-refractivity contribution in [1.29, 1.82) is 0 Å². The second-order valence-electron chi connectivity index (χ2n) is 9.39. The monoisotopic (exact) mass is 548 g/mol. The molecule has 2 rings (SSSR count). The standard InChI is InChI=1S/C26H36N4O9/c31-14-2-7-21(24(34)35)28-10-12-29(22(25(36)37)8-3-15-32)17-19-5-1-6-20(27-19)18-30(13-11-28)23(26(38)39)9-4-16-33/h1,5-6,14-16,21-23H,2-4,7-13,17-18H2,(H,34,35)(H,36,37)(H,38,39)/t21-,22-,23-/m1/s1. The summed E-state index contributed by atoms with van der Waals surface area (Å²) in [6.45, 7) is 0.689. The van der Waals surface area contributed by atoms with Crippen molar-refractivity contribution in [1.82, 2.24) is 19.7 Å². The smallest absolute Gasteiger partial charge is 0.320 e. The number of carbonyl (C=O) groups excluding carboxylic acids is 3. The number of rotatable bonds is 15. The number of carbonyl (C=O) groups is 6. The molecule has 13 heteroatoms. The van der Waals surface area contributed by atoms with Gasteiger partial charge in [0.1, 0.15) is 37.0 Å². The van der Waals surface area contributed by atoms with Crippen LogP contribution in [-0.2, 0) is 41.9 Å². The molecule has 0 amide bonds. The molecule has 2 heterocycles. The van der Waals surface area contributed by atoms with Crippen LogP contribution in [-0.4, -0.2) is 116 Å². The molecule has 0 radical (unpaired) electrons. The third kappa shape index (κ3) is 9.93. The molecule has 2 bridgehead atoms. The van der Waals surface area contributed by atoms with Crippen LogP contribution >= 0.6 is 0 Å². The van der Waals surface area contributed by atoms with E-state index in [1.165, 1.54) is 0 Å². The Labute approximate surface area is 226 Å². The molecule has 214 valence electrons. The Kier molecular flexibility index (Phi) is 13.3. The van der Waals surface area contributed by atoms with Crippen molar-refractivity contribution in [2.75, 3.05) is 26.2 Å². The van der Waals surface area contributed by atoms with E-state index in [1.54, 1.807) is 32.9 Å². The fourth-order valence-electron chi connectivity index (χ4n) is 4.81. The number of carboxylic acids is 3. The van der Waals surface area contributed by atoms with Crippen LogP contribution < -0.4 is 0 Å². The third-order valence-corrected chi connectivity index (χ3v) is 6.79. The number of carboxylic acid groups (broad SMARTS) is 3. The van der Waals surface area contributed by atoms with Crippen molar-refractivity contribution in [3.05, 3.63) is 29.6 Å². The minimum Gasteiger partial charge on any atom is -0.480 e. The van der Waals surface area contributed by atoms with Gasteiger partial charge < -0.3 is 29.7 Å². The Balaban J connectivity index is 2.53. The fraction of sp³-hybridized carbons (Fsp3) is 0.577. The zero-order valence-electron chi connectivity index (χ0n) is 21.8. The van der Waals surface area contributed by atoms with Gasteiger partial charge in [-0.25, -0.2) is 0 Å². The van der Waals surface area contributed by atoms with E-state index in [0.29, 0.717) is 30.2 Å². The number of hydrogen-bond donors (Lipinski definition) is 3. The summed E-state index contributed by atoms with van der Waals surface area (Å²) in [7, 11) is 0. The SMILES string of the molecule is O=CCC[C@H](C(=O)O)N1CCN([C@H](CCC=O)C(=O)O)Cc2cccc(n2)CN([C@H](CCC=O)C(=O)O)CC1. The first kappa shape index (κ1) is 31.7. The molecule has 39 heavy (non-hydrogen) atoms. The van der Waals surface area contributed by atoms with E-state index in [9.17, 15) is 44.1 Å². The van der Waals surface area contributed by atoms with Gasteiger partial charge in [0.15, 0.2) is 0 Å². The topological polar surface area (TPSA) is 186 Å². The first-order chi connectivity index (χ1) is 18.7. The molecule has 0 spiro atoms. The van der Waals surface area contributed by atoms with E-state index in [2.05, 4.69) is 4.98 Å². The molecule has 0 aromatic carbocycles. The van der Waals surface area contributed by atoms with Gasteiger partial charge >= 0.3 is 17.9 Å². The van der Waals surface area contributed by atoms with Crippen LogP contribution in [0.25, 0.3) is 0 Å². The second-order valence-corrected chi connectivity index (χ2v) is 9.39. The van der Waals surface area contributed by atoms with Crippen LogP contribution in [0.4, 0.5) is 0 Å². The Morgan fingerprint density at radius 3 is 1.33 bits per heavy atom. The lowest BCUT2D eigenvalue weighted by atomic mass is 10.1. The second kappa shape index (κ2) is 16.4. The Morgan fingerprint density at radius 2 is 1.00 bits per heavy atom. The summed E-state index contributed by atoms with van der Waals surface area (Å²) in [4.78, 5) is 79.0. The van der Waals surface area contributed by atoms with E-state index in [4.69, 9.17) is 0 Å². The molecule has 0 fully saturated rings. The molecule has 1 aromatic rings. The van der Waals surface area contributed by atoms with Gasteiger partial charge in [-0.3, -0.25) is 34.1 Å². The fourth-order valence-corrected chi connectivity index (χ4v) is 4.81. The Bertz CT molecular complexity index is 946. The summed E-state index contributed by atoms with van der Waals surface area (Å²) in [6, 6.07) is 2.09. The van der Waals surface area contributed by atoms with E-state index in [-0.39, 0.29) is 77.8 Å². The lowest BCUT2D eigenvalue weighted by Gasteiger charge is -2.36. The molecule has 3 atom stereocenters. The summed E-state index contributed by atoms with van der Waals surface area (Å²) in [5.41, 5.74) is 1.07. The van der Waals surface area contributed by atoms with Crippen molar-refractivity contribution in [3.63, 3.8) is 0 Å². The maximum Gasteiger partial charge on any atom is 0.320 e. The van der Waals surface area contributed by atoms with Crippen LogP contribution in [0.1, 0.15) is 49.9 Å². The average Bonchev–Trinajstić information content (AvgIpc) is 2.88. The minimum absolute atomic E-state index is 0.00352. The van der Waals surface area contributed by atoms with Crippen molar-refractivity contribution in [3.8, 4) is 0 Å². The number of aliphatic carboxylic acids is 3. The van der Waals surface area contributed by atoms with Crippen molar-refractivity contribution < 1.29 is 44.1 Å². The van der Waals surface area contributed by atoms with Gasteiger partial charge in [-0.05, 0) is 31.4 Å². The van der Waals surface area contributed by atoms with Crippen molar-refractivity contribution in [2.24, 2.45) is 0 Å². The maximum absolute atomic E-state index is 12.2. The van der Waals surface area contributed by atoms with Crippen molar-refractivity contribution in [2.45, 2.75) is 69.7 Å². The lowest BCUT2D eigenvalue weighted by molar-refractivity contribution is -0.147. The number of fused-ring (bicyclic) bond motifs is 2. The predicted molar refractivity (Wildman–Crippen MR) is 137 cm³/mol. The summed E-state index contributed by atoms with van der Waals surface area (Å²) in [5, 5.41) is 29.7. The van der Waals surface area contributed by atoms with E-state index < -0.39 is 36.0 Å². The van der Waals surface area contributed by atoms with E-state index in [0.717, 1.165) is 0 Å². The Hall–Kier alpha value is -3.55. The summed E-state index contributed by atoms with van der Waals surface area (Å²) < 4.78 is 0. The molecule has 1 aromatic heterocycles. The highest BCUT2D eigenvalue weighted by molar-refractivity contribution is 5.75. The summed E-state index contributed by atoms with van der Waals surface area (Å²) in [6.07, 6.45) is 2.16. The van der Waals surface area contributed by atoms with Crippen LogP contribution in [0.15, 0.2) is 18.2 Å². The molecule has 0 saturated carbocycles. The molecule has 0 unspecified atom stereocenters. The summed E-state index contributed by atoms with van der Waals surface area (Å²) >= 11 is 0. The quantitative estimate of drug-likeness (QED) is 0.254. The molecule has 1 aliphatic heterocycles. The highest BCUT2D eigenvalue weighted by Gasteiger charge is 2.32. The number of nitrogens with zero attached hydrogens (tertiary/aromatic N) is 4. The first-order valence-electron chi connectivity index (χ1n) is 12.9. The number of hydrogen-bond acceptors (Lipinski definition) is 10. The van der Waals surface area contributed by atoms with E-state index in [1.807, 2.05) is 0 Å². The molecule has 0 aliphatic carbocycles. The highest BCUT2D eigenvalue weighted by Crippen LogP contribution is 2.18. The lowest BCUT2D eigenvalue weighted by Crippen LogP contribution is -2.52. The molecule has 0 saturated heterocycles. The average molecular weight is 549 g/mol. The zero-order valence-corrected chi connectivity index (χ0v) is 21.8. The highest BCUT2D eigenvalue weighted by atomic mass is 16.4. The molecular formula is C26H36N4O9. The normalized spacial score (nSPS) is 18.1. The van der Waals surface area contributed by atoms with Gasteiger partial charge in [-0.1, -0.05) is 6.07 Å².